The molecule has 2 atom stereocenters. The van der Waals surface area contributed by atoms with Crippen molar-refractivity contribution < 1.29 is 14.6 Å². The maximum atomic E-state index is 12.7. The van der Waals surface area contributed by atoms with Crippen LogP contribution in [0.4, 0.5) is 0 Å². The first-order chi connectivity index (χ1) is 11.6. The van der Waals surface area contributed by atoms with Crippen molar-refractivity contribution in [2.75, 3.05) is 33.3 Å². The molecule has 1 aliphatic carbocycles. The second-order valence-electron chi connectivity index (χ2n) is 7.16. The van der Waals surface area contributed by atoms with Crippen LogP contribution in [0.1, 0.15) is 32.1 Å². The van der Waals surface area contributed by atoms with Crippen molar-refractivity contribution in [3.05, 3.63) is 11.1 Å². The lowest BCUT2D eigenvalue weighted by atomic mass is 9.58. The molecule has 7 heteroatoms. The smallest absolute Gasteiger partial charge is 0.228 e. The Hall–Kier alpha value is -1.05. The fraction of sp³-hybridized carbons (Fsp3) is 0.765. The molecule has 24 heavy (non-hydrogen) atoms. The zero-order valence-electron chi connectivity index (χ0n) is 14.1. The summed E-state index contributed by atoms with van der Waals surface area (Å²) >= 11 is 1.63. The number of carbonyl (C=O) groups excluding carboxylic acids is 1. The van der Waals surface area contributed by atoms with Gasteiger partial charge in [0.25, 0.3) is 0 Å². The summed E-state index contributed by atoms with van der Waals surface area (Å²) in [5, 5.41) is 13.3. The van der Waals surface area contributed by atoms with E-state index in [-0.39, 0.29) is 23.5 Å². The molecule has 3 heterocycles. The Morgan fingerprint density at radius 2 is 2.25 bits per heavy atom. The number of amides is 1. The van der Waals surface area contributed by atoms with Crippen LogP contribution in [0.5, 0.6) is 0 Å². The fourth-order valence-electron chi connectivity index (χ4n) is 4.42. The maximum Gasteiger partial charge on any atom is 0.228 e. The molecule has 1 spiro atoms. The number of hydrogen-bond acceptors (Lipinski definition) is 6. The molecule has 0 radical (unpaired) electrons. The zero-order chi connectivity index (χ0) is 16.7. The van der Waals surface area contributed by atoms with Crippen LogP contribution >= 0.6 is 11.8 Å². The van der Waals surface area contributed by atoms with E-state index in [1.165, 1.54) is 0 Å². The topological polar surface area (TPSA) is 65.4 Å². The highest BCUT2D eigenvalue weighted by Crippen LogP contribution is 2.50. The first-order valence-corrected chi connectivity index (χ1v) is 9.68. The van der Waals surface area contributed by atoms with Crippen LogP contribution in [0.25, 0.3) is 0 Å². The van der Waals surface area contributed by atoms with E-state index in [9.17, 15) is 9.90 Å². The molecule has 1 amide bonds. The van der Waals surface area contributed by atoms with Gasteiger partial charge in [-0.05, 0) is 24.7 Å². The number of hydrogen-bond donors (Lipinski definition) is 1. The van der Waals surface area contributed by atoms with E-state index >= 15 is 0 Å². The minimum absolute atomic E-state index is 0.124. The molecule has 0 aromatic heterocycles. The summed E-state index contributed by atoms with van der Waals surface area (Å²) in [7, 11) is 1.72. The van der Waals surface area contributed by atoms with Gasteiger partial charge in [0, 0.05) is 50.8 Å². The number of methoxy groups -OCH3 is 1. The highest BCUT2D eigenvalue weighted by Gasteiger charge is 2.56. The van der Waals surface area contributed by atoms with Gasteiger partial charge in [-0.1, -0.05) is 11.8 Å². The number of ether oxygens (including phenoxy) is 1. The van der Waals surface area contributed by atoms with Crippen molar-refractivity contribution in [3.8, 4) is 0 Å². The standard InChI is InChI=1S/C17H25N3O3S/c1-23-14-10-13(21)17(14)3-7-19(8-4-17)15(22)9-12-11-24-16-18-5-2-6-20(12)16/h11,13-14,21H,2-10H2,1H3/t13-,14+/m1/s1. The molecule has 4 aliphatic rings. The first-order valence-electron chi connectivity index (χ1n) is 8.80. The Balaban J connectivity index is 1.34. The molecule has 0 aromatic carbocycles. The highest BCUT2D eigenvalue weighted by atomic mass is 32.2. The fourth-order valence-corrected chi connectivity index (χ4v) is 5.38. The number of piperidine rings is 1. The van der Waals surface area contributed by atoms with Crippen LogP contribution in [0.15, 0.2) is 16.1 Å². The summed E-state index contributed by atoms with van der Waals surface area (Å²) in [6.45, 7) is 3.30. The average molecular weight is 351 g/mol. The number of aliphatic imine (C=N–C) groups is 1. The Bertz CT molecular complexity index is 584. The van der Waals surface area contributed by atoms with Crippen molar-refractivity contribution in [1.82, 2.24) is 9.80 Å². The van der Waals surface area contributed by atoms with Crippen LogP contribution in [0.2, 0.25) is 0 Å². The third-order valence-corrected chi connectivity index (χ3v) is 7.02. The predicted molar refractivity (Wildman–Crippen MR) is 93.6 cm³/mol. The molecule has 2 fully saturated rings. The largest absolute Gasteiger partial charge is 0.392 e. The monoisotopic (exact) mass is 351 g/mol. The van der Waals surface area contributed by atoms with Gasteiger partial charge in [-0.15, -0.1) is 0 Å². The summed E-state index contributed by atoms with van der Waals surface area (Å²) in [6.07, 6.45) is 3.77. The molecule has 4 rings (SSSR count). The summed E-state index contributed by atoms with van der Waals surface area (Å²) in [5.41, 5.74) is 0.961. The Kier molecular flexibility index (Phi) is 4.34. The summed E-state index contributed by atoms with van der Waals surface area (Å²) in [6, 6.07) is 0. The van der Waals surface area contributed by atoms with E-state index in [4.69, 9.17) is 4.74 Å². The summed E-state index contributed by atoms with van der Waals surface area (Å²) in [5.74, 6) is 0.186. The minimum Gasteiger partial charge on any atom is -0.392 e. The maximum absolute atomic E-state index is 12.7. The molecule has 0 aromatic rings. The second kappa shape index (κ2) is 6.35. The Morgan fingerprint density at radius 3 is 2.96 bits per heavy atom. The Morgan fingerprint density at radius 1 is 1.46 bits per heavy atom. The van der Waals surface area contributed by atoms with Crippen LogP contribution in [0, 0.1) is 5.41 Å². The van der Waals surface area contributed by atoms with Gasteiger partial charge in [0.1, 0.15) is 0 Å². The van der Waals surface area contributed by atoms with Crippen LogP contribution in [-0.4, -0.2) is 71.5 Å². The summed E-state index contributed by atoms with van der Waals surface area (Å²) < 4.78 is 5.52. The number of rotatable bonds is 3. The molecular weight excluding hydrogens is 326 g/mol. The van der Waals surface area contributed by atoms with Crippen molar-refractivity contribution in [2.24, 2.45) is 10.4 Å². The average Bonchev–Trinajstić information content (AvgIpc) is 3.02. The van der Waals surface area contributed by atoms with Gasteiger partial charge in [-0.2, -0.15) is 0 Å². The van der Waals surface area contributed by atoms with Gasteiger partial charge < -0.3 is 19.6 Å². The van der Waals surface area contributed by atoms with Gasteiger partial charge in [0.2, 0.25) is 5.91 Å². The van der Waals surface area contributed by atoms with Gasteiger partial charge in [0.15, 0.2) is 5.17 Å². The molecule has 6 nitrogen and oxygen atoms in total. The van der Waals surface area contributed by atoms with E-state index < -0.39 is 0 Å². The Labute approximate surface area is 146 Å². The van der Waals surface area contributed by atoms with E-state index in [1.54, 1.807) is 18.9 Å². The normalized spacial score (nSPS) is 31.4. The predicted octanol–water partition coefficient (Wildman–Crippen LogP) is 1.41. The lowest BCUT2D eigenvalue weighted by Crippen LogP contribution is -2.62. The van der Waals surface area contributed by atoms with E-state index in [0.717, 1.165) is 62.7 Å². The third-order valence-electron chi connectivity index (χ3n) is 6.07. The molecule has 1 N–H and O–H groups in total. The number of aliphatic hydroxyl groups is 1. The summed E-state index contributed by atoms with van der Waals surface area (Å²) in [4.78, 5) is 21.3. The SMILES string of the molecule is CO[C@H]1C[C@@H](O)C12CCN(C(=O)CC1=CSC3=NCCCN13)CC2. The first kappa shape index (κ1) is 16.4. The second-order valence-corrected chi connectivity index (χ2v) is 8.00. The number of carbonyl (C=O) groups is 1. The van der Waals surface area contributed by atoms with Crippen LogP contribution in [-0.2, 0) is 9.53 Å². The number of thioether (sulfide) groups is 1. The molecule has 1 saturated heterocycles. The molecule has 0 bridgehead atoms. The van der Waals surface area contributed by atoms with Gasteiger partial charge in [-0.25, -0.2) is 0 Å². The molecule has 3 aliphatic heterocycles. The number of fused-ring (bicyclic) bond motifs is 1. The van der Waals surface area contributed by atoms with Gasteiger partial charge >= 0.3 is 0 Å². The molecular formula is C17H25N3O3S. The third kappa shape index (κ3) is 2.57. The lowest BCUT2D eigenvalue weighted by Gasteiger charge is -2.56. The number of likely N-dealkylation sites (tertiary alicyclic amines) is 1. The number of amidine groups is 1. The van der Waals surface area contributed by atoms with Crippen LogP contribution < -0.4 is 0 Å². The molecule has 132 valence electrons. The van der Waals surface area contributed by atoms with E-state index in [1.807, 2.05) is 4.90 Å². The number of aliphatic hydroxyl groups excluding tert-OH is 1. The number of nitrogens with zero attached hydrogens (tertiary/aromatic N) is 3. The minimum atomic E-state index is -0.277. The van der Waals surface area contributed by atoms with E-state index in [0.29, 0.717) is 6.42 Å². The molecule has 1 saturated carbocycles. The van der Waals surface area contributed by atoms with Crippen LogP contribution in [0.3, 0.4) is 0 Å². The lowest BCUT2D eigenvalue weighted by molar-refractivity contribution is -0.202. The molecule has 0 unspecified atom stereocenters. The van der Waals surface area contributed by atoms with Crippen molar-refractivity contribution in [3.63, 3.8) is 0 Å². The van der Waals surface area contributed by atoms with Crippen molar-refractivity contribution >= 4 is 22.8 Å². The quantitative estimate of drug-likeness (QED) is 0.833. The van der Waals surface area contributed by atoms with Gasteiger partial charge in [0.05, 0.1) is 18.6 Å². The van der Waals surface area contributed by atoms with Crippen molar-refractivity contribution in [2.45, 2.75) is 44.3 Å². The van der Waals surface area contributed by atoms with E-state index in [2.05, 4.69) is 15.3 Å². The zero-order valence-corrected chi connectivity index (χ0v) is 14.9. The van der Waals surface area contributed by atoms with Crippen molar-refractivity contribution in [1.29, 1.82) is 0 Å². The highest BCUT2D eigenvalue weighted by molar-refractivity contribution is 8.16. The van der Waals surface area contributed by atoms with Gasteiger partial charge in [-0.3, -0.25) is 9.79 Å².